The minimum absolute atomic E-state index is 0.316. The van der Waals surface area contributed by atoms with Crippen molar-refractivity contribution in [3.05, 3.63) is 23.2 Å². The van der Waals surface area contributed by atoms with Gasteiger partial charge >= 0.3 is 0 Å². The first-order valence-electron chi connectivity index (χ1n) is 6.63. The van der Waals surface area contributed by atoms with E-state index in [0.717, 1.165) is 48.6 Å². The Balaban J connectivity index is 1.93. The van der Waals surface area contributed by atoms with Gasteiger partial charge in [0.15, 0.2) is 11.5 Å². The topological polar surface area (TPSA) is 42.7 Å². The molecule has 3 rings (SSSR count). The number of aromatic nitrogens is 3. The van der Waals surface area contributed by atoms with Crippen LogP contribution in [-0.4, -0.2) is 40.2 Å². The van der Waals surface area contributed by atoms with Gasteiger partial charge in [0.2, 0.25) is 0 Å². The van der Waals surface area contributed by atoms with Gasteiger partial charge in [0.1, 0.15) is 4.60 Å². The molecule has 5 nitrogen and oxygen atoms in total. The number of rotatable bonds is 4. The predicted molar refractivity (Wildman–Crippen MR) is 77.5 cm³/mol. The maximum Gasteiger partial charge on any atom is 0.180 e. The lowest BCUT2D eigenvalue weighted by Gasteiger charge is -2.25. The molecule has 0 bridgehead atoms. The molecule has 0 radical (unpaired) electrons. The molecule has 0 spiro atoms. The number of nitrogens with zero attached hydrogens (tertiary/aromatic N) is 4. The van der Waals surface area contributed by atoms with Crippen molar-refractivity contribution in [2.45, 2.75) is 25.9 Å². The number of hydrogen-bond acceptors (Lipinski definition) is 4. The summed E-state index contributed by atoms with van der Waals surface area (Å²) in [6.45, 7) is 4.79. The lowest BCUT2D eigenvalue weighted by molar-refractivity contribution is 0.115. The van der Waals surface area contributed by atoms with Gasteiger partial charge in [-0.3, -0.25) is 0 Å². The third-order valence-corrected chi connectivity index (χ3v) is 3.84. The first kappa shape index (κ1) is 12.9. The molecule has 1 saturated heterocycles. The van der Waals surface area contributed by atoms with Gasteiger partial charge in [0.05, 0.1) is 6.10 Å². The second kappa shape index (κ2) is 5.46. The Morgan fingerprint density at radius 1 is 1.58 bits per heavy atom. The number of imidazole rings is 1. The fourth-order valence-corrected chi connectivity index (χ4v) is 2.89. The summed E-state index contributed by atoms with van der Waals surface area (Å²) < 4.78 is 8.53. The summed E-state index contributed by atoms with van der Waals surface area (Å²) >= 11 is 3.46. The van der Waals surface area contributed by atoms with Crippen LogP contribution in [0.25, 0.3) is 5.65 Å². The fourth-order valence-electron chi connectivity index (χ4n) is 2.50. The maximum absolute atomic E-state index is 5.72. The van der Waals surface area contributed by atoms with Crippen molar-refractivity contribution in [2.75, 3.05) is 24.6 Å². The van der Waals surface area contributed by atoms with Crippen LogP contribution in [-0.2, 0) is 4.74 Å². The normalized spacial score (nSPS) is 19.2. The fraction of sp³-hybridized carbons (Fsp3) is 0.538. The average molecular weight is 325 g/mol. The van der Waals surface area contributed by atoms with Crippen LogP contribution in [0.1, 0.15) is 19.8 Å². The Labute approximate surface area is 120 Å². The largest absolute Gasteiger partial charge is 0.376 e. The molecule has 102 valence electrons. The first-order chi connectivity index (χ1) is 9.28. The van der Waals surface area contributed by atoms with E-state index in [4.69, 9.17) is 4.74 Å². The molecule has 1 aliphatic rings. The van der Waals surface area contributed by atoms with E-state index in [1.807, 2.05) is 16.8 Å². The highest BCUT2D eigenvalue weighted by molar-refractivity contribution is 9.10. The van der Waals surface area contributed by atoms with Gasteiger partial charge in [0, 0.05) is 38.3 Å². The second-order valence-electron chi connectivity index (χ2n) is 4.72. The van der Waals surface area contributed by atoms with Gasteiger partial charge in [0.25, 0.3) is 0 Å². The van der Waals surface area contributed by atoms with Crippen molar-refractivity contribution >= 4 is 27.4 Å². The molecule has 0 saturated carbocycles. The van der Waals surface area contributed by atoms with Crippen LogP contribution in [0.2, 0.25) is 0 Å². The molecule has 1 unspecified atom stereocenters. The van der Waals surface area contributed by atoms with E-state index in [1.54, 1.807) is 6.20 Å². The highest BCUT2D eigenvalue weighted by Crippen LogP contribution is 2.23. The van der Waals surface area contributed by atoms with Crippen molar-refractivity contribution in [1.82, 2.24) is 14.4 Å². The van der Waals surface area contributed by atoms with Crippen LogP contribution in [0.4, 0.5) is 5.82 Å². The van der Waals surface area contributed by atoms with Crippen molar-refractivity contribution in [3.8, 4) is 0 Å². The standard InChI is InChI=1S/C13H17BrN4O/c1-2-17(8-10-4-3-7-19-10)13-12-15-5-6-18(12)9-11(14)16-13/h5-6,9-10H,2-4,7-8H2,1H3. The molecule has 0 amide bonds. The molecule has 2 aromatic heterocycles. The van der Waals surface area contributed by atoms with Gasteiger partial charge in [-0.15, -0.1) is 0 Å². The summed E-state index contributed by atoms with van der Waals surface area (Å²) in [5, 5.41) is 0. The molecule has 1 fully saturated rings. The molecule has 1 aliphatic heterocycles. The Hall–Kier alpha value is -1.14. The smallest absolute Gasteiger partial charge is 0.180 e. The molecular formula is C13H17BrN4O. The zero-order chi connectivity index (χ0) is 13.2. The van der Waals surface area contributed by atoms with Crippen LogP contribution in [0.3, 0.4) is 0 Å². The van der Waals surface area contributed by atoms with Gasteiger partial charge in [-0.2, -0.15) is 0 Å². The van der Waals surface area contributed by atoms with Crippen molar-refractivity contribution < 1.29 is 4.74 Å². The molecule has 19 heavy (non-hydrogen) atoms. The van der Waals surface area contributed by atoms with E-state index < -0.39 is 0 Å². The van der Waals surface area contributed by atoms with Crippen LogP contribution < -0.4 is 4.90 Å². The predicted octanol–water partition coefficient (Wildman–Crippen LogP) is 2.50. The minimum Gasteiger partial charge on any atom is -0.376 e. The SMILES string of the molecule is CCN(CC1CCCO1)c1nc(Br)cn2ccnc12. The summed E-state index contributed by atoms with van der Waals surface area (Å²) in [5.74, 6) is 0.914. The summed E-state index contributed by atoms with van der Waals surface area (Å²) in [5.41, 5.74) is 0.892. The summed E-state index contributed by atoms with van der Waals surface area (Å²) in [4.78, 5) is 11.2. The van der Waals surface area contributed by atoms with Gasteiger partial charge in [-0.25, -0.2) is 9.97 Å². The molecular weight excluding hydrogens is 308 g/mol. The monoisotopic (exact) mass is 324 g/mol. The van der Waals surface area contributed by atoms with Crippen LogP contribution in [0.15, 0.2) is 23.2 Å². The third-order valence-electron chi connectivity index (χ3n) is 3.46. The van der Waals surface area contributed by atoms with Crippen molar-refractivity contribution in [1.29, 1.82) is 0 Å². The Bertz CT molecular complexity index is 565. The maximum atomic E-state index is 5.72. The Morgan fingerprint density at radius 2 is 2.47 bits per heavy atom. The summed E-state index contributed by atoms with van der Waals surface area (Å²) in [6.07, 6.45) is 8.27. The third kappa shape index (κ3) is 2.60. The van der Waals surface area contributed by atoms with E-state index in [1.165, 1.54) is 0 Å². The molecule has 1 atom stereocenters. The average Bonchev–Trinajstić information content (AvgIpc) is 3.05. The van der Waals surface area contributed by atoms with E-state index >= 15 is 0 Å². The van der Waals surface area contributed by atoms with Gasteiger partial charge in [-0.1, -0.05) is 0 Å². The number of likely N-dealkylation sites (N-methyl/N-ethyl adjacent to an activating group) is 1. The van der Waals surface area contributed by atoms with E-state index in [0.29, 0.717) is 6.10 Å². The number of halogens is 1. The number of fused-ring (bicyclic) bond motifs is 1. The van der Waals surface area contributed by atoms with Crippen LogP contribution in [0.5, 0.6) is 0 Å². The van der Waals surface area contributed by atoms with E-state index in [2.05, 4.69) is 37.7 Å². The molecule has 6 heteroatoms. The van der Waals surface area contributed by atoms with E-state index in [-0.39, 0.29) is 0 Å². The lowest BCUT2D eigenvalue weighted by Crippen LogP contribution is -2.33. The molecule has 0 aromatic carbocycles. The van der Waals surface area contributed by atoms with Gasteiger partial charge in [-0.05, 0) is 35.7 Å². The first-order valence-corrected chi connectivity index (χ1v) is 7.43. The molecule has 0 N–H and O–H groups in total. The lowest BCUT2D eigenvalue weighted by atomic mass is 10.2. The minimum atomic E-state index is 0.316. The summed E-state index contributed by atoms with van der Waals surface area (Å²) in [6, 6.07) is 0. The number of anilines is 1. The zero-order valence-corrected chi connectivity index (χ0v) is 12.5. The second-order valence-corrected chi connectivity index (χ2v) is 5.53. The molecule has 0 aliphatic carbocycles. The number of hydrogen-bond donors (Lipinski definition) is 0. The highest BCUT2D eigenvalue weighted by atomic mass is 79.9. The molecule has 2 aromatic rings. The Kier molecular flexibility index (Phi) is 3.70. The van der Waals surface area contributed by atoms with Crippen molar-refractivity contribution in [2.24, 2.45) is 0 Å². The summed E-state index contributed by atoms with van der Waals surface area (Å²) in [7, 11) is 0. The van der Waals surface area contributed by atoms with Crippen LogP contribution >= 0.6 is 15.9 Å². The highest BCUT2D eigenvalue weighted by Gasteiger charge is 2.21. The van der Waals surface area contributed by atoms with Crippen molar-refractivity contribution in [3.63, 3.8) is 0 Å². The van der Waals surface area contributed by atoms with E-state index in [9.17, 15) is 0 Å². The zero-order valence-electron chi connectivity index (χ0n) is 10.9. The van der Waals surface area contributed by atoms with Gasteiger partial charge < -0.3 is 14.0 Å². The van der Waals surface area contributed by atoms with Crippen LogP contribution in [0, 0.1) is 0 Å². The Morgan fingerprint density at radius 3 is 3.21 bits per heavy atom. The quantitative estimate of drug-likeness (QED) is 0.866. The number of ether oxygens (including phenoxy) is 1. The molecule has 3 heterocycles.